The van der Waals surface area contributed by atoms with Crippen molar-refractivity contribution in [3.05, 3.63) is 29.3 Å². The number of hydrogen-bond acceptors (Lipinski definition) is 3. The van der Waals surface area contributed by atoms with Gasteiger partial charge in [-0.25, -0.2) is 4.39 Å². The molecule has 13 heavy (non-hydrogen) atoms. The van der Waals surface area contributed by atoms with Crippen LogP contribution in [0.1, 0.15) is 23.7 Å². The molecule has 1 aromatic heterocycles. The Morgan fingerprint density at radius 1 is 1.62 bits per heavy atom. The highest BCUT2D eigenvalue weighted by Gasteiger charge is 2.14. The molecule has 1 aliphatic heterocycles. The van der Waals surface area contributed by atoms with E-state index in [0.29, 0.717) is 5.69 Å². The van der Waals surface area contributed by atoms with E-state index in [2.05, 4.69) is 15.5 Å². The summed E-state index contributed by atoms with van der Waals surface area (Å²) in [7, 11) is 0. The zero-order valence-corrected chi connectivity index (χ0v) is 7.29. The van der Waals surface area contributed by atoms with Crippen LogP contribution in [0, 0.1) is 12.7 Å². The lowest BCUT2D eigenvalue weighted by molar-refractivity contribution is 0.582. The third-order valence-electron chi connectivity index (χ3n) is 2.11. The van der Waals surface area contributed by atoms with E-state index < -0.39 is 0 Å². The molecule has 1 atom stereocenters. The smallest absolute Gasteiger partial charge is 0.144 e. The van der Waals surface area contributed by atoms with E-state index in [9.17, 15) is 4.39 Å². The molecule has 0 aliphatic carbocycles. The minimum Gasteiger partial charge on any atom is -0.302 e. The summed E-state index contributed by atoms with van der Waals surface area (Å²) in [5, 5.41) is 3.87. The molecule has 0 aromatic carbocycles. The van der Waals surface area contributed by atoms with Crippen molar-refractivity contribution in [2.45, 2.75) is 19.4 Å². The van der Waals surface area contributed by atoms with Crippen LogP contribution in [0.3, 0.4) is 0 Å². The fraction of sp³-hybridized carbons (Fsp3) is 0.333. The highest BCUT2D eigenvalue weighted by molar-refractivity contribution is 5.60. The second kappa shape index (κ2) is 3.12. The molecule has 1 aromatic rings. The van der Waals surface area contributed by atoms with Gasteiger partial charge >= 0.3 is 0 Å². The van der Waals surface area contributed by atoms with Crippen molar-refractivity contribution >= 4 is 6.21 Å². The maximum absolute atomic E-state index is 13.1. The minimum absolute atomic E-state index is 0.0857. The molecular weight excluding hydrogens is 169 g/mol. The van der Waals surface area contributed by atoms with Gasteiger partial charge in [-0.15, -0.1) is 0 Å². The first-order valence-electron chi connectivity index (χ1n) is 4.16. The third kappa shape index (κ3) is 1.52. The maximum atomic E-state index is 13.1. The van der Waals surface area contributed by atoms with Crippen LogP contribution in [-0.4, -0.2) is 11.2 Å². The molecule has 0 saturated carbocycles. The Balaban J connectivity index is 2.26. The van der Waals surface area contributed by atoms with Crippen LogP contribution in [0.15, 0.2) is 17.4 Å². The standard InChI is InChI=1S/C9H10FN3/c1-6-8(10)4-7(5-11-6)9-2-3-12-13-9/h3-5,9,13H,2H2,1H3. The molecule has 4 heteroatoms. The van der Waals surface area contributed by atoms with Gasteiger partial charge < -0.3 is 5.43 Å². The number of aromatic nitrogens is 1. The van der Waals surface area contributed by atoms with Crippen LogP contribution in [0.5, 0.6) is 0 Å². The summed E-state index contributed by atoms with van der Waals surface area (Å²) < 4.78 is 13.1. The number of rotatable bonds is 1. The number of nitrogens with one attached hydrogen (secondary N) is 1. The van der Waals surface area contributed by atoms with E-state index >= 15 is 0 Å². The van der Waals surface area contributed by atoms with Crippen LogP contribution in [0.2, 0.25) is 0 Å². The summed E-state index contributed by atoms with van der Waals surface area (Å²) in [6.45, 7) is 1.65. The molecular formula is C9H10FN3. The first kappa shape index (κ1) is 8.16. The van der Waals surface area contributed by atoms with Crippen molar-refractivity contribution in [2.75, 3.05) is 0 Å². The van der Waals surface area contributed by atoms with Gasteiger partial charge in [-0.3, -0.25) is 4.98 Å². The SMILES string of the molecule is Cc1ncc(C2CC=NN2)cc1F. The Morgan fingerprint density at radius 2 is 2.46 bits per heavy atom. The van der Waals surface area contributed by atoms with E-state index in [0.717, 1.165) is 12.0 Å². The monoisotopic (exact) mass is 179 g/mol. The van der Waals surface area contributed by atoms with Crippen molar-refractivity contribution in [2.24, 2.45) is 5.10 Å². The molecule has 1 unspecified atom stereocenters. The molecule has 0 fully saturated rings. The Morgan fingerprint density at radius 3 is 3.08 bits per heavy atom. The highest BCUT2D eigenvalue weighted by Crippen LogP contribution is 2.19. The quantitative estimate of drug-likeness (QED) is 0.710. The Hall–Kier alpha value is -1.45. The Labute approximate surface area is 75.7 Å². The predicted molar refractivity (Wildman–Crippen MR) is 47.9 cm³/mol. The molecule has 0 saturated heterocycles. The molecule has 68 valence electrons. The van der Waals surface area contributed by atoms with Gasteiger partial charge in [-0.05, 0) is 18.6 Å². The van der Waals surface area contributed by atoms with Crippen LogP contribution >= 0.6 is 0 Å². The zero-order valence-electron chi connectivity index (χ0n) is 7.29. The van der Waals surface area contributed by atoms with Gasteiger partial charge in [0, 0.05) is 18.8 Å². The van der Waals surface area contributed by atoms with Gasteiger partial charge in [0.2, 0.25) is 0 Å². The molecule has 1 aliphatic rings. The van der Waals surface area contributed by atoms with Gasteiger partial charge in [0.05, 0.1) is 11.7 Å². The molecule has 0 radical (unpaired) electrons. The summed E-state index contributed by atoms with van der Waals surface area (Å²) in [5.74, 6) is -0.258. The zero-order chi connectivity index (χ0) is 9.26. The van der Waals surface area contributed by atoms with Gasteiger partial charge in [0.25, 0.3) is 0 Å². The summed E-state index contributed by atoms with van der Waals surface area (Å²) in [4.78, 5) is 3.95. The number of hydrazone groups is 1. The fourth-order valence-electron chi connectivity index (χ4n) is 1.28. The molecule has 1 N–H and O–H groups in total. The first-order chi connectivity index (χ1) is 6.27. The number of halogens is 1. The van der Waals surface area contributed by atoms with Crippen LogP contribution < -0.4 is 5.43 Å². The summed E-state index contributed by atoms with van der Waals surface area (Å²) in [5.41, 5.74) is 4.16. The largest absolute Gasteiger partial charge is 0.302 e. The van der Waals surface area contributed by atoms with Crippen molar-refractivity contribution in [1.82, 2.24) is 10.4 Å². The van der Waals surface area contributed by atoms with E-state index in [1.807, 2.05) is 0 Å². The first-order valence-corrected chi connectivity index (χ1v) is 4.16. The second-order valence-electron chi connectivity index (χ2n) is 3.06. The molecule has 0 bridgehead atoms. The van der Waals surface area contributed by atoms with Gasteiger partial charge in [0.15, 0.2) is 0 Å². The highest BCUT2D eigenvalue weighted by atomic mass is 19.1. The van der Waals surface area contributed by atoms with E-state index in [4.69, 9.17) is 0 Å². The third-order valence-corrected chi connectivity index (χ3v) is 2.11. The lowest BCUT2D eigenvalue weighted by Gasteiger charge is -2.09. The molecule has 0 spiro atoms. The van der Waals surface area contributed by atoms with Gasteiger partial charge in [0.1, 0.15) is 5.82 Å². The average Bonchev–Trinajstić information content (AvgIpc) is 2.62. The average molecular weight is 179 g/mol. The predicted octanol–water partition coefficient (Wildman–Crippen LogP) is 1.55. The van der Waals surface area contributed by atoms with Gasteiger partial charge in [-0.2, -0.15) is 5.10 Å². The number of nitrogens with zero attached hydrogens (tertiary/aromatic N) is 2. The van der Waals surface area contributed by atoms with Crippen molar-refractivity contribution < 1.29 is 4.39 Å². The number of aryl methyl sites for hydroxylation is 1. The molecule has 3 nitrogen and oxygen atoms in total. The molecule has 2 heterocycles. The normalized spacial score (nSPS) is 20.3. The summed E-state index contributed by atoms with van der Waals surface area (Å²) in [6.07, 6.45) is 4.26. The summed E-state index contributed by atoms with van der Waals surface area (Å²) in [6, 6.07) is 1.59. The maximum Gasteiger partial charge on any atom is 0.144 e. The lowest BCUT2D eigenvalue weighted by Crippen LogP contribution is -2.10. The Bertz CT molecular complexity index is 341. The van der Waals surface area contributed by atoms with Crippen molar-refractivity contribution in [3.8, 4) is 0 Å². The van der Waals surface area contributed by atoms with E-state index in [-0.39, 0.29) is 11.9 Å². The second-order valence-corrected chi connectivity index (χ2v) is 3.06. The van der Waals surface area contributed by atoms with E-state index in [1.165, 1.54) is 6.07 Å². The van der Waals surface area contributed by atoms with Crippen LogP contribution in [-0.2, 0) is 0 Å². The van der Waals surface area contributed by atoms with Crippen molar-refractivity contribution in [1.29, 1.82) is 0 Å². The number of pyridine rings is 1. The van der Waals surface area contributed by atoms with Crippen LogP contribution in [0.25, 0.3) is 0 Å². The Kier molecular flexibility index (Phi) is 1.96. The van der Waals surface area contributed by atoms with Gasteiger partial charge in [-0.1, -0.05) is 0 Å². The topological polar surface area (TPSA) is 37.3 Å². The van der Waals surface area contributed by atoms with Crippen molar-refractivity contribution in [3.63, 3.8) is 0 Å². The van der Waals surface area contributed by atoms with E-state index in [1.54, 1.807) is 19.3 Å². The van der Waals surface area contributed by atoms with Crippen LogP contribution in [0.4, 0.5) is 4.39 Å². The molecule has 2 rings (SSSR count). The fourth-order valence-corrected chi connectivity index (χ4v) is 1.28. The summed E-state index contributed by atoms with van der Waals surface area (Å²) >= 11 is 0. The lowest BCUT2D eigenvalue weighted by atomic mass is 10.1. The molecule has 0 amide bonds. The number of hydrogen-bond donors (Lipinski definition) is 1. The minimum atomic E-state index is -0.258.